The highest BCUT2D eigenvalue weighted by Crippen LogP contribution is 2.09. The summed E-state index contributed by atoms with van der Waals surface area (Å²) in [5, 5.41) is 2.55. The summed E-state index contributed by atoms with van der Waals surface area (Å²) < 4.78 is 1.16. The third-order valence-corrected chi connectivity index (χ3v) is 1.79. The lowest BCUT2D eigenvalue weighted by Crippen LogP contribution is -1.92. The number of rotatable bonds is 2. The second-order valence-corrected chi connectivity index (χ2v) is 3.01. The van der Waals surface area contributed by atoms with E-state index >= 15 is 0 Å². The monoisotopic (exact) mass is 247 g/mol. The van der Waals surface area contributed by atoms with Gasteiger partial charge in [-0.3, -0.25) is 4.79 Å². The Balaban J connectivity index is 2.78. The van der Waals surface area contributed by atoms with Crippen LogP contribution in [0.3, 0.4) is 0 Å². The summed E-state index contributed by atoms with van der Waals surface area (Å²) in [7, 11) is 0. The lowest BCUT2D eigenvalue weighted by molar-refractivity contribution is -0.105. The van der Waals surface area contributed by atoms with Crippen LogP contribution in [0.25, 0.3) is 0 Å². The molecule has 0 unspecified atom stereocenters. The number of carbonyl (C=O) groups is 1. The molecular weight excluding hydrogens is 241 g/mol. The Morgan fingerprint density at radius 3 is 2.40 bits per heavy atom. The van der Waals surface area contributed by atoms with E-state index in [1.807, 2.05) is 24.3 Å². The fraction of sp³-hybridized carbons (Fsp3) is 0. The molecule has 1 rings (SSSR count). The summed E-state index contributed by atoms with van der Waals surface area (Å²) in [5.41, 5.74) is 0.829. The number of nitrogens with one attached hydrogen (secondary N) is 1. The van der Waals surface area contributed by atoms with Gasteiger partial charge >= 0.3 is 0 Å². The Morgan fingerprint density at radius 1 is 1.30 bits per heavy atom. The van der Waals surface area contributed by atoms with Gasteiger partial charge in [0.1, 0.15) is 0 Å². The Bertz CT molecular complexity index is 220. The van der Waals surface area contributed by atoms with E-state index in [0.29, 0.717) is 6.41 Å². The number of hydrogen-bond donors (Lipinski definition) is 1. The topological polar surface area (TPSA) is 29.1 Å². The molecule has 0 atom stereocenters. The van der Waals surface area contributed by atoms with Gasteiger partial charge in [-0.05, 0) is 46.9 Å². The minimum Gasteiger partial charge on any atom is -0.329 e. The summed E-state index contributed by atoms with van der Waals surface area (Å²) in [6.45, 7) is 0. The molecule has 0 aliphatic rings. The molecule has 0 fully saturated rings. The Kier molecular flexibility index (Phi) is 2.68. The number of carbonyl (C=O) groups excluding carboxylic acids is 1. The average molecular weight is 247 g/mol. The van der Waals surface area contributed by atoms with Gasteiger partial charge in [-0.15, -0.1) is 0 Å². The van der Waals surface area contributed by atoms with E-state index in [-0.39, 0.29) is 0 Å². The van der Waals surface area contributed by atoms with Crippen molar-refractivity contribution in [2.45, 2.75) is 0 Å². The molecule has 0 saturated carbocycles. The summed E-state index contributed by atoms with van der Waals surface area (Å²) >= 11 is 2.21. The van der Waals surface area contributed by atoms with Gasteiger partial charge in [0, 0.05) is 9.26 Å². The summed E-state index contributed by atoms with van der Waals surface area (Å²) in [6, 6.07) is 7.59. The maximum absolute atomic E-state index is 9.95. The average Bonchev–Trinajstić information content (AvgIpc) is 1.95. The zero-order chi connectivity index (χ0) is 7.40. The molecule has 0 aromatic heterocycles. The van der Waals surface area contributed by atoms with Crippen molar-refractivity contribution >= 4 is 34.7 Å². The van der Waals surface area contributed by atoms with E-state index in [2.05, 4.69) is 27.9 Å². The van der Waals surface area contributed by atoms with Crippen LogP contribution in [0.5, 0.6) is 0 Å². The quantitative estimate of drug-likeness (QED) is 0.627. The van der Waals surface area contributed by atoms with E-state index < -0.39 is 0 Å². The lowest BCUT2D eigenvalue weighted by Gasteiger charge is -1.95. The molecule has 0 bridgehead atoms. The van der Waals surface area contributed by atoms with Crippen molar-refractivity contribution in [3.8, 4) is 0 Å². The summed E-state index contributed by atoms with van der Waals surface area (Å²) in [6.07, 6.45) is 0.669. The number of anilines is 1. The van der Waals surface area contributed by atoms with E-state index in [4.69, 9.17) is 0 Å². The number of hydrogen-bond acceptors (Lipinski definition) is 1. The van der Waals surface area contributed by atoms with E-state index in [0.717, 1.165) is 9.26 Å². The summed E-state index contributed by atoms with van der Waals surface area (Å²) in [4.78, 5) is 9.95. The molecule has 1 amide bonds. The first-order chi connectivity index (χ1) is 4.83. The van der Waals surface area contributed by atoms with Crippen LogP contribution >= 0.6 is 22.6 Å². The molecule has 52 valence electrons. The van der Waals surface area contributed by atoms with Crippen molar-refractivity contribution in [3.63, 3.8) is 0 Å². The van der Waals surface area contributed by atoms with Crippen molar-refractivity contribution in [3.05, 3.63) is 27.8 Å². The Hall–Kier alpha value is -0.580. The van der Waals surface area contributed by atoms with Crippen molar-refractivity contribution in [2.24, 2.45) is 0 Å². The standard InChI is InChI=1S/C7H6INO/c8-6-1-3-7(4-2-6)9-5-10/h1-5H,(H,9,10). The zero-order valence-electron chi connectivity index (χ0n) is 5.17. The molecule has 3 heteroatoms. The highest BCUT2D eigenvalue weighted by molar-refractivity contribution is 14.1. The first-order valence-corrected chi connectivity index (χ1v) is 3.86. The normalized spacial score (nSPS) is 8.90. The minimum atomic E-state index is 0.669. The van der Waals surface area contributed by atoms with Crippen LogP contribution in [0.15, 0.2) is 24.3 Å². The first kappa shape index (κ1) is 7.53. The third kappa shape index (κ3) is 1.98. The lowest BCUT2D eigenvalue weighted by atomic mass is 10.3. The van der Waals surface area contributed by atoms with Crippen LogP contribution in [-0.4, -0.2) is 6.41 Å². The van der Waals surface area contributed by atoms with Gasteiger partial charge in [-0.25, -0.2) is 0 Å². The van der Waals surface area contributed by atoms with Crippen LogP contribution in [0.1, 0.15) is 0 Å². The summed E-state index contributed by atoms with van der Waals surface area (Å²) in [5.74, 6) is 0. The Labute approximate surface area is 72.8 Å². The van der Waals surface area contributed by atoms with Crippen molar-refractivity contribution in [1.82, 2.24) is 0 Å². The molecule has 0 saturated heterocycles. The van der Waals surface area contributed by atoms with Gasteiger partial charge in [-0.1, -0.05) is 0 Å². The van der Waals surface area contributed by atoms with Crippen molar-refractivity contribution in [2.75, 3.05) is 5.32 Å². The highest BCUT2D eigenvalue weighted by atomic mass is 127. The molecule has 0 radical (unpaired) electrons. The zero-order valence-corrected chi connectivity index (χ0v) is 7.33. The fourth-order valence-electron chi connectivity index (χ4n) is 0.614. The number of halogens is 1. The molecule has 10 heavy (non-hydrogen) atoms. The van der Waals surface area contributed by atoms with Gasteiger partial charge in [0.2, 0.25) is 6.41 Å². The van der Waals surface area contributed by atoms with Crippen molar-refractivity contribution < 1.29 is 4.79 Å². The van der Waals surface area contributed by atoms with E-state index in [9.17, 15) is 4.79 Å². The molecule has 0 spiro atoms. The maximum Gasteiger partial charge on any atom is 0.211 e. The maximum atomic E-state index is 9.95. The molecule has 1 aromatic carbocycles. The number of benzene rings is 1. The predicted octanol–water partition coefficient (Wildman–Crippen LogP) is 1.86. The van der Waals surface area contributed by atoms with Gasteiger partial charge in [0.05, 0.1) is 0 Å². The second-order valence-electron chi connectivity index (χ2n) is 1.77. The molecule has 1 N–H and O–H groups in total. The third-order valence-electron chi connectivity index (χ3n) is 1.07. The predicted molar refractivity (Wildman–Crippen MR) is 48.8 cm³/mol. The van der Waals surface area contributed by atoms with Crippen molar-refractivity contribution in [1.29, 1.82) is 0 Å². The van der Waals surface area contributed by atoms with Crippen LogP contribution < -0.4 is 5.32 Å². The van der Waals surface area contributed by atoms with E-state index in [1.54, 1.807) is 0 Å². The van der Waals surface area contributed by atoms with Crippen LogP contribution in [0, 0.1) is 3.57 Å². The molecular formula is C7H6INO. The van der Waals surface area contributed by atoms with Crippen LogP contribution in [0.2, 0.25) is 0 Å². The van der Waals surface area contributed by atoms with Gasteiger partial charge in [0.25, 0.3) is 0 Å². The largest absolute Gasteiger partial charge is 0.329 e. The minimum absolute atomic E-state index is 0.669. The molecule has 0 heterocycles. The number of amides is 1. The molecule has 2 nitrogen and oxygen atoms in total. The second kappa shape index (κ2) is 3.55. The fourth-order valence-corrected chi connectivity index (χ4v) is 0.974. The molecule has 0 aliphatic heterocycles. The van der Waals surface area contributed by atoms with Gasteiger partial charge < -0.3 is 5.32 Å². The highest BCUT2D eigenvalue weighted by Gasteiger charge is 1.87. The smallest absolute Gasteiger partial charge is 0.211 e. The van der Waals surface area contributed by atoms with Crippen LogP contribution in [-0.2, 0) is 4.79 Å². The van der Waals surface area contributed by atoms with Gasteiger partial charge in [-0.2, -0.15) is 0 Å². The molecule has 1 aromatic rings. The Morgan fingerprint density at radius 2 is 1.90 bits per heavy atom. The molecule has 0 aliphatic carbocycles. The van der Waals surface area contributed by atoms with Crippen LogP contribution in [0.4, 0.5) is 5.69 Å². The first-order valence-electron chi connectivity index (χ1n) is 2.78. The SMILES string of the molecule is O=CNc1ccc(I)cc1. The van der Waals surface area contributed by atoms with E-state index in [1.165, 1.54) is 0 Å². The van der Waals surface area contributed by atoms with Gasteiger partial charge in [0.15, 0.2) is 0 Å².